The van der Waals surface area contributed by atoms with Gasteiger partial charge in [0, 0.05) is 6.42 Å². The largest absolute Gasteiger partial charge is 0.508 e. The zero-order chi connectivity index (χ0) is 28.1. The molecule has 12 nitrogen and oxygen atoms in total. The van der Waals surface area contributed by atoms with Crippen molar-refractivity contribution in [3.63, 3.8) is 0 Å². The van der Waals surface area contributed by atoms with Gasteiger partial charge in [-0.05, 0) is 48.5 Å². The molecule has 1 rings (SSSR count). The van der Waals surface area contributed by atoms with Gasteiger partial charge in [0.1, 0.15) is 23.9 Å². The summed E-state index contributed by atoms with van der Waals surface area (Å²) in [5.74, 6) is -3.61. The number of aliphatic carboxylic acids is 1. The van der Waals surface area contributed by atoms with Crippen LogP contribution in [0.5, 0.6) is 5.75 Å². The molecule has 0 heterocycles. The van der Waals surface area contributed by atoms with E-state index < -0.39 is 60.2 Å². The van der Waals surface area contributed by atoms with Gasteiger partial charge in [-0.2, -0.15) is 11.8 Å². The number of rotatable bonds is 16. The Bertz CT molecular complexity index is 942. The average Bonchev–Trinajstić information content (AvgIpc) is 2.80. The number of hydrogen-bond acceptors (Lipinski definition) is 8. The molecule has 0 aliphatic carbocycles. The van der Waals surface area contributed by atoms with E-state index in [1.54, 1.807) is 12.1 Å². The minimum Gasteiger partial charge on any atom is -0.508 e. The van der Waals surface area contributed by atoms with Crippen molar-refractivity contribution in [2.75, 3.05) is 12.0 Å². The Morgan fingerprint density at radius 3 is 1.97 bits per heavy atom. The molecule has 0 saturated heterocycles. The third-order valence-electron chi connectivity index (χ3n) is 5.33. The first-order valence-electron chi connectivity index (χ1n) is 11.8. The highest BCUT2D eigenvalue weighted by molar-refractivity contribution is 7.98. The van der Waals surface area contributed by atoms with Crippen molar-refractivity contribution >= 4 is 41.4 Å². The molecular formula is C24H37N5O7S. The molecule has 13 heteroatoms. The molecular weight excluding hydrogens is 502 g/mol. The Morgan fingerprint density at radius 2 is 1.46 bits per heavy atom. The minimum absolute atomic E-state index is 0.0113. The van der Waals surface area contributed by atoms with Crippen LogP contribution in [0.3, 0.4) is 0 Å². The van der Waals surface area contributed by atoms with E-state index in [-0.39, 0.29) is 30.9 Å². The highest BCUT2D eigenvalue weighted by atomic mass is 32.2. The number of primary amides is 1. The first-order chi connectivity index (χ1) is 17.3. The van der Waals surface area contributed by atoms with Gasteiger partial charge in [-0.3, -0.25) is 19.2 Å². The second-order valence-corrected chi connectivity index (χ2v) is 10.1. The molecule has 0 aliphatic heterocycles. The molecule has 0 bridgehead atoms. The molecule has 37 heavy (non-hydrogen) atoms. The van der Waals surface area contributed by atoms with Gasteiger partial charge in [0.15, 0.2) is 0 Å². The summed E-state index contributed by atoms with van der Waals surface area (Å²) < 4.78 is 0. The maximum atomic E-state index is 13.3. The number of phenols is 1. The number of amides is 4. The van der Waals surface area contributed by atoms with E-state index in [9.17, 15) is 34.2 Å². The van der Waals surface area contributed by atoms with Gasteiger partial charge in [0.25, 0.3) is 0 Å². The second kappa shape index (κ2) is 15.7. The fourth-order valence-corrected chi connectivity index (χ4v) is 3.88. The van der Waals surface area contributed by atoms with Gasteiger partial charge in [-0.1, -0.05) is 26.0 Å². The summed E-state index contributed by atoms with van der Waals surface area (Å²) in [5, 5.41) is 26.6. The number of carbonyl (C=O) groups excluding carboxylic acids is 4. The zero-order valence-electron chi connectivity index (χ0n) is 21.2. The first-order valence-corrected chi connectivity index (χ1v) is 13.2. The lowest BCUT2D eigenvalue weighted by atomic mass is 10.00. The van der Waals surface area contributed by atoms with E-state index in [1.165, 1.54) is 23.9 Å². The lowest BCUT2D eigenvalue weighted by Gasteiger charge is -2.26. The van der Waals surface area contributed by atoms with Gasteiger partial charge in [-0.25, -0.2) is 4.79 Å². The van der Waals surface area contributed by atoms with Crippen LogP contribution in [0.25, 0.3) is 0 Å². The number of benzene rings is 1. The van der Waals surface area contributed by atoms with Crippen LogP contribution >= 0.6 is 11.8 Å². The summed E-state index contributed by atoms with van der Waals surface area (Å²) in [6, 6.07) is 1.30. The summed E-state index contributed by atoms with van der Waals surface area (Å²) in [6.07, 6.45) is 1.81. The van der Waals surface area contributed by atoms with Crippen LogP contribution in [-0.4, -0.2) is 76.0 Å². The molecule has 1 aromatic carbocycles. The maximum Gasteiger partial charge on any atom is 0.326 e. The van der Waals surface area contributed by atoms with E-state index in [4.69, 9.17) is 11.5 Å². The number of aromatic hydroxyl groups is 1. The van der Waals surface area contributed by atoms with Crippen molar-refractivity contribution in [3.05, 3.63) is 29.8 Å². The number of nitrogens with two attached hydrogens (primary N) is 2. The molecule has 4 amide bonds. The molecule has 0 aromatic heterocycles. The molecule has 1 aromatic rings. The highest BCUT2D eigenvalue weighted by Crippen LogP contribution is 2.13. The fraction of sp³-hybridized carbons (Fsp3) is 0.542. The third-order valence-corrected chi connectivity index (χ3v) is 5.98. The lowest BCUT2D eigenvalue weighted by molar-refractivity contribution is -0.142. The average molecular weight is 540 g/mol. The van der Waals surface area contributed by atoms with Crippen LogP contribution in [-0.2, 0) is 30.4 Å². The Labute approximate surface area is 220 Å². The molecule has 0 radical (unpaired) electrons. The Kier molecular flexibility index (Phi) is 13.5. The highest BCUT2D eigenvalue weighted by Gasteiger charge is 2.31. The fourth-order valence-electron chi connectivity index (χ4n) is 3.41. The molecule has 4 atom stereocenters. The maximum absolute atomic E-state index is 13.3. The number of carboxylic acids is 1. The lowest BCUT2D eigenvalue weighted by Crippen LogP contribution is -2.58. The summed E-state index contributed by atoms with van der Waals surface area (Å²) in [7, 11) is 0. The molecule has 206 valence electrons. The number of thioether (sulfide) groups is 1. The summed E-state index contributed by atoms with van der Waals surface area (Å²) in [5.41, 5.74) is 11.4. The normalized spacial score (nSPS) is 14.2. The van der Waals surface area contributed by atoms with E-state index in [2.05, 4.69) is 16.0 Å². The van der Waals surface area contributed by atoms with Crippen molar-refractivity contribution in [3.8, 4) is 5.75 Å². The van der Waals surface area contributed by atoms with Crippen molar-refractivity contribution in [1.29, 1.82) is 0 Å². The Balaban J connectivity index is 3.12. The quantitative estimate of drug-likeness (QED) is 0.144. The van der Waals surface area contributed by atoms with E-state index in [1.807, 2.05) is 20.1 Å². The van der Waals surface area contributed by atoms with Crippen LogP contribution in [0.1, 0.15) is 38.7 Å². The molecule has 0 aliphatic rings. The van der Waals surface area contributed by atoms with Crippen molar-refractivity contribution < 1.29 is 34.2 Å². The third kappa shape index (κ3) is 12.0. The predicted octanol–water partition coefficient (Wildman–Crippen LogP) is -0.524. The summed E-state index contributed by atoms with van der Waals surface area (Å²) in [6.45, 7) is 3.68. The number of carboxylic acid groups (broad SMARTS) is 1. The van der Waals surface area contributed by atoms with Crippen LogP contribution in [0.4, 0.5) is 0 Å². The first kappa shape index (κ1) is 31.7. The molecule has 0 fully saturated rings. The molecule has 0 saturated carbocycles. The van der Waals surface area contributed by atoms with E-state index >= 15 is 0 Å². The van der Waals surface area contributed by atoms with Gasteiger partial charge >= 0.3 is 5.97 Å². The standard InChI is InChI=1S/C24H37N5O7S/c1-13(2)10-18(22(33)27-17(24(35)36)8-9-37-3)29-23(34)19(11-14-4-6-15(30)7-5-14)28-21(32)16(25)12-20(26)31/h4-7,13,16-19,30H,8-12,25H2,1-3H3,(H2,26,31)(H,27,33)(H,28,32)(H,29,34)(H,35,36). The number of nitrogens with one attached hydrogen (secondary N) is 3. The van der Waals surface area contributed by atoms with Crippen LogP contribution in [0.2, 0.25) is 0 Å². The smallest absolute Gasteiger partial charge is 0.326 e. The molecule has 4 unspecified atom stereocenters. The monoisotopic (exact) mass is 539 g/mol. The Hall–Kier alpha value is -3.32. The van der Waals surface area contributed by atoms with E-state index in [0.29, 0.717) is 11.3 Å². The van der Waals surface area contributed by atoms with Gasteiger partial charge in [0.2, 0.25) is 23.6 Å². The Morgan fingerprint density at radius 1 is 0.919 bits per heavy atom. The summed E-state index contributed by atoms with van der Waals surface area (Å²) >= 11 is 1.44. The minimum atomic E-state index is -1.28. The number of hydrogen-bond donors (Lipinski definition) is 7. The molecule has 0 spiro atoms. The van der Waals surface area contributed by atoms with Crippen LogP contribution in [0.15, 0.2) is 24.3 Å². The predicted molar refractivity (Wildman–Crippen MR) is 139 cm³/mol. The van der Waals surface area contributed by atoms with Crippen LogP contribution < -0.4 is 27.4 Å². The second-order valence-electron chi connectivity index (χ2n) is 9.08. The van der Waals surface area contributed by atoms with Crippen molar-refractivity contribution in [1.82, 2.24) is 16.0 Å². The number of carbonyl (C=O) groups is 5. The molecule has 9 N–H and O–H groups in total. The number of phenolic OH excluding ortho intramolecular Hbond substituents is 1. The topological polar surface area (TPSA) is 214 Å². The van der Waals surface area contributed by atoms with Gasteiger partial charge in [0.05, 0.1) is 12.5 Å². The van der Waals surface area contributed by atoms with E-state index in [0.717, 1.165) is 0 Å². The zero-order valence-corrected chi connectivity index (χ0v) is 22.0. The van der Waals surface area contributed by atoms with Gasteiger partial charge < -0.3 is 37.6 Å². The summed E-state index contributed by atoms with van der Waals surface area (Å²) in [4.78, 5) is 61.5. The van der Waals surface area contributed by atoms with Crippen molar-refractivity contribution in [2.24, 2.45) is 17.4 Å². The SMILES string of the molecule is CSCCC(NC(=O)C(CC(C)C)NC(=O)C(Cc1ccc(O)cc1)NC(=O)C(N)CC(N)=O)C(=O)O. The van der Waals surface area contributed by atoms with Gasteiger partial charge in [-0.15, -0.1) is 0 Å². The van der Waals surface area contributed by atoms with Crippen LogP contribution in [0, 0.1) is 5.92 Å². The van der Waals surface area contributed by atoms with Crippen molar-refractivity contribution in [2.45, 2.75) is 63.7 Å².